The summed E-state index contributed by atoms with van der Waals surface area (Å²) < 4.78 is 26.9. The highest BCUT2D eigenvalue weighted by atomic mass is 32.2. The monoisotopic (exact) mass is 503 g/mol. The number of nitrogens with zero attached hydrogens (tertiary/aromatic N) is 3. The maximum absolute atomic E-state index is 13.5. The molecular weight excluding hydrogens is 474 g/mol. The van der Waals surface area contributed by atoms with Crippen molar-refractivity contribution >= 4 is 33.0 Å². The van der Waals surface area contributed by atoms with Gasteiger partial charge in [-0.3, -0.25) is 9.59 Å². The van der Waals surface area contributed by atoms with Crippen molar-refractivity contribution in [2.45, 2.75) is 36.6 Å². The number of carbonyl (C=O) groups is 2. The molecule has 3 aromatic carbocycles. The third-order valence-corrected chi connectivity index (χ3v) is 8.86. The first-order valence-corrected chi connectivity index (χ1v) is 13.6. The zero-order valence-electron chi connectivity index (χ0n) is 20.6. The SMILES string of the molecule is CCN1C(=O)c2ccccc2S(=O)(=O)c2ccc(C(=O)N3CCN(c4cccc(C)c4)[C@@H](C)C3)cc21. The lowest BCUT2D eigenvalue weighted by Crippen LogP contribution is -2.53. The largest absolute Gasteiger partial charge is 0.365 e. The maximum atomic E-state index is 13.5. The van der Waals surface area contributed by atoms with Crippen LogP contribution in [-0.2, 0) is 9.84 Å². The van der Waals surface area contributed by atoms with Crippen molar-refractivity contribution in [3.63, 3.8) is 0 Å². The Balaban J connectivity index is 1.46. The molecule has 0 unspecified atom stereocenters. The van der Waals surface area contributed by atoms with Gasteiger partial charge >= 0.3 is 0 Å². The second-order valence-electron chi connectivity index (χ2n) is 9.36. The number of anilines is 2. The van der Waals surface area contributed by atoms with Gasteiger partial charge in [0.05, 0.1) is 21.0 Å². The average Bonchev–Trinajstić information content (AvgIpc) is 2.94. The van der Waals surface area contributed by atoms with Crippen LogP contribution in [0.4, 0.5) is 11.4 Å². The van der Waals surface area contributed by atoms with Crippen LogP contribution in [-0.4, -0.2) is 57.4 Å². The van der Waals surface area contributed by atoms with E-state index in [1.807, 2.05) is 6.07 Å². The first-order chi connectivity index (χ1) is 17.2. The molecule has 186 valence electrons. The summed E-state index contributed by atoms with van der Waals surface area (Å²) in [6.45, 7) is 8.03. The van der Waals surface area contributed by atoms with Gasteiger partial charge in [0.1, 0.15) is 0 Å². The van der Waals surface area contributed by atoms with Crippen LogP contribution in [0.3, 0.4) is 0 Å². The summed E-state index contributed by atoms with van der Waals surface area (Å²) in [6, 6.07) is 19.3. The van der Waals surface area contributed by atoms with E-state index in [4.69, 9.17) is 0 Å². The van der Waals surface area contributed by atoms with Crippen molar-refractivity contribution in [3.8, 4) is 0 Å². The zero-order valence-corrected chi connectivity index (χ0v) is 21.5. The van der Waals surface area contributed by atoms with Gasteiger partial charge in [-0.1, -0.05) is 24.3 Å². The second kappa shape index (κ2) is 9.09. The molecule has 0 aromatic heterocycles. The van der Waals surface area contributed by atoms with E-state index in [2.05, 4.69) is 36.9 Å². The minimum atomic E-state index is -3.93. The van der Waals surface area contributed by atoms with Gasteiger partial charge in [0, 0.05) is 43.5 Å². The van der Waals surface area contributed by atoms with Gasteiger partial charge in [-0.05, 0) is 68.8 Å². The number of piperazine rings is 1. The lowest BCUT2D eigenvalue weighted by atomic mass is 10.1. The van der Waals surface area contributed by atoms with Gasteiger partial charge in [-0.2, -0.15) is 0 Å². The normalized spacial score (nSPS) is 18.9. The van der Waals surface area contributed by atoms with Crippen LogP contribution in [0.2, 0.25) is 0 Å². The van der Waals surface area contributed by atoms with Gasteiger partial charge in [-0.15, -0.1) is 0 Å². The van der Waals surface area contributed by atoms with Crippen molar-refractivity contribution < 1.29 is 18.0 Å². The van der Waals surface area contributed by atoms with Crippen molar-refractivity contribution in [2.24, 2.45) is 0 Å². The van der Waals surface area contributed by atoms with Crippen molar-refractivity contribution in [3.05, 3.63) is 83.4 Å². The molecule has 2 heterocycles. The second-order valence-corrected chi connectivity index (χ2v) is 11.3. The van der Waals surface area contributed by atoms with Crippen LogP contribution in [0.1, 0.15) is 40.1 Å². The molecule has 7 nitrogen and oxygen atoms in total. The van der Waals surface area contributed by atoms with Crippen molar-refractivity contribution in [1.82, 2.24) is 4.90 Å². The fraction of sp³-hybridized carbons (Fsp3) is 0.286. The van der Waals surface area contributed by atoms with Crippen LogP contribution < -0.4 is 9.80 Å². The summed E-state index contributed by atoms with van der Waals surface area (Å²) in [6.07, 6.45) is 0. The van der Waals surface area contributed by atoms with E-state index in [0.717, 1.165) is 5.69 Å². The van der Waals surface area contributed by atoms with E-state index < -0.39 is 9.84 Å². The van der Waals surface area contributed by atoms with Crippen LogP contribution in [0.25, 0.3) is 0 Å². The van der Waals surface area contributed by atoms with Gasteiger partial charge < -0.3 is 14.7 Å². The minimum Gasteiger partial charge on any atom is -0.365 e. The Morgan fingerprint density at radius 2 is 1.75 bits per heavy atom. The number of carbonyl (C=O) groups excluding carboxylic acids is 2. The molecule has 36 heavy (non-hydrogen) atoms. The summed E-state index contributed by atoms with van der Waals surface area (Å²) in [5.41, 5.74) is 3.09. The Hall–Kier alpha value is -3.65. The molecule has 2 amide bonds. The van der Waals surface area contributed by atoms with E-state index in [1.54, 1.807) is 36.1 Å². The molecule has 0 spiro atoms. The molecule has 2 aliphatic rings. The predicted molar refractivity (Wildman–Crippen MR) is 140 cm³/mol. The van der Waals surface area contributed by atoms with E-state index in [1.165, 1.54) is 28.7 Å². The molecule has 2 aliphatic heterocycles. The number of hydrogen-bond acceptors (Lipinski definition) is 5. The fourth-order valence-electron chi connectivity index (χ4n) is 5.17. The summed E-state index contributed by atoms with van der Waals surface area (Å²) in [5.74, 6) is -0.559. The van der Waals surface area contributed by atoms with Crippen LogP contribution in [0, 0.1) is 6.92 Å². The van der Waals surface area contributed by atoms with E-state index in [0.29, 0.717) is 25.2 Å². The molecule has 0 N–H and O–H groups in total. The third-order valence-electron chi connectivity index (χ3n) is 7.00. The lowest BCUT2D eigenvalue weighted by molar-refractivity contribution is 0.0726. The van der Waals surface area contributed by atoms with Crippen LogP contribution in [0.15, 0.2) is 76.5 Å². The van der Waals surface area contributed by atoms with Crippen LogP contribution >= 0.6 is 0 Å². The Kier molecular flexibility index (Phi) is 6.08. The standard InChI is InChI=1S/C28H29N3O4S/c1-4-30-24-17-21(12-13-26(24)36(34,35)25-11-6-5-10-23(25)28(30)33)27(32)29-14-15-31(20(3)18-29)22-9-7-8-19(2)16-22/h5-13,16-17,20H,4,14-15,18H2,1-3H3/t20-/m0/s1. The number of sulfone groups is 1. The topological polar surface area (TPSA) is 78.0 Å². The van der Waals surface area contributed by atoms with Crippen molar-refractivity contribution in [1.29, 1.82) is 0 Å². The zero-order chi connectivity index (χ0) is 25.6. The van der Waals surface area contributed by atoms with E-state index in [-0.39, 0.29) is 45.4 Å². The molecule has 0 bridgehead atoms. The molecule has 5 rings (SSSR count). The average molecular weight is 504 g/mol. The summed E-state index contributed by atoms with van der Waals surface area (Å²) >= 11 is 0. The smallest absolute Gasteiger partial charge is 0.259 e. The number of aryl methyl sites for hydroxylation is 1. The molecule has 0 radical (unpaired) electrons. The number of amides is 2. The van der Waals surface area contributed by atoms with Gasteiger partial charge in [0.25, 0.3) is 11.8 Å². The maximum Gasteiger partial charge on any atom is 0.259 e. The molecule has 1 saturated heterocycles. The molecule has 8 heteroatoms. The fourth-order valence-corrected chi connectivity index (χ4v) is 6.80. The quantitative estimate of drug-likeness (QED) is 0.536. The number of fused-ring (bicyclic) bond motifs is 2. The van der Waals surface area contributed by atoms with Gasteiger partial charge in [0.15, 0.2) is 0 Å². The van der Waals surface area contributed by atoms with Gasteiger partial charge in [-0.25, -0.2) is 8.42 Å². The first kappa shape index (κ1) is 24.1. The van der Waals surface area contributed by atoms with E-state index in [9.17, 15) is 18.0 Å². The van der Waals surface area contributed by atoms with Crippen molar-refractivity contribution in [2.75, 3.05) is 36.0 Å². The third kappa shape index (κ3) is 3.95. The predicted octanol–water partition coefficient (Wildman–Crippen LogP) is 4.16. The van der Waals surface area contributed by atoms with E-state index >= 15 is 0 Å². The summed E-state index contributed by atoms with van der Waals surface area (Å²) in [5, 5.41) is 0. The number of benzene rings is 3. The Morgan fingerprint density at radius 1 is 0.972 bits per heavy atom. The Bertz CT molecular complexity index is 1470. The molecular formula is C28H29N3O4S. The summed E-state index contributed by atoms with van der Waals surface area (Å²) in [4.78, 5) is 32.4. The van der Waals surface area contributed by atoms with Crippen LogP contribution in [0.5, 0.6) is 0 Å². The highest BCUT2D eigenvalue weighted by Gasteiger charge is 2.36. The molecule has 1 atom stereocenters. The Morgan fingerprint density at radius 3 is 2.47 bits per heavy atom. The molecule has 0 aliphatic carbocycles. The molecule has 3 aromatic rings. The minimum absolute atomic E-state index is 0.00706. The lowest BCUT2D eigenvalue weighted by Gasteiger charge is -2.41. The number of hydrogen-bond donors (Lipinski definition) is 0. The molecule has 1 fully saturated rings. The first-order valence-electron chi connectivity index (χ1n) is 12.1. The number of rotatable bonds is 3. The highest BCUT2D eigenvalue weighted by molar-refractivity contribution is 7.91. The summed E-state index contributed by atoms with van der Waals surface area (Å²) in [7, 11) is -3.93. The highest BCUT2D eigenvalue weighted by Crippen LogP contribution is 2.37. The van der Waals surface area contributed by atoms with Gasteiger partial charge in [0.2, 0.25) is 9.84 Å². The molecule has 0 saturated carbocycles. The Labute approximate surface area is 211 Å².